The number of alkyl halides is 2. The van der Waals surface area contributed by atoms with Crippen molar-refractivity contribution in [1.82, 2.24) is 0 Å². The van der Waals surface area contributed by atoms with Crippen molar-refractivity contribution in [3.63, 3.8) is 0 Å². The van der Waals surface area contributed by atoms with Crippen LogP contribution in [0.2, 0.25) is 0 Å². The first-order chi connectivity index (χ1) is 4.54. The van der Waals surface area contributed by atoms with E-state index in [0.29, 0.717) is 5.41 Å². The number of hydrogen-bond donors (Lipinski definition) is 0. The monoisotopic (exact) mass is 270 g/mol. The van der Waals surface area contributed by atoms with Gasteiger partial charge < -0.3 is 0 Å². The van der Waals surface area contributed by atoms with Gasteiger partial charge in [-0.2, -0.15) is 0 Å². The van der Waals surface area contributed by atoms with Crippen molar-refractivity contribution >= 4 is 31.9 Å². The molecule has 0 saturated carbocycles. The topological polar surface area (TPSA) is 0 Å². The summed E-state index contributed by atoms with van der Waals surface area (Å²) in [6.45, 7) is 6.84. The van der Waals surface area contributed by atoms with E-state index in [2.05, 4.69) is 52.6 Å². The van der Waals surface area contributed by atoms with Crippen LogP contribution in [-0.2, 0) is 0 Å². The van der Waals surface area contributed by atoms with Crippen LogP contribution in [0.25, 0.3) is 0 Å². The zero-order valence-corrected chi connectivity index (χ0v) is 10.1. The fourth-order valence-electron chi connectivity index (χ4n) is 1.13. The zero-order chi connectivity index (χ0) is 8.20. The van der Waals surface area contributed by atoms with Crippen LogP contribution in [0.3, 0.4) is 0 Å². The highest BCUT2D eigenvalue weighted by Crippen LogP contribution is 2.29. The maximum Gasteiger partial charge on any atom is 0.00934 e. The summed E-state index contributed by atoms with van der Waals surface area (Å²) in [6.07, 6.45) is 1.28. The molecular formula is C8H16Br2. The molecule has 0 aromatic heterocycles. The van der Waals surface area contributed by atoms with E-state index in [1.54, 1.807) is 0 Å². The van der Waals surface area contributed by atoms with E-state index < -0.39 is 0 Å². The van der Waals surface area contributed by atoms with Crippen molar-refractivity contribution in [3.8, 4) is 0 Å². The molecule has 0 fully saturated rings. The van der Waals surface area contributed by atoms with Crippen LogP contribution in [0.15, 0.2) is 0 Å². The minimum absolute atomic E-state index is 0.439. The number of halogens is 2. The molecule has 0 unspecified atom stereocenters. The summed E-state index contributed by atoms with van der Waals surface area (Å²) in [4.78, 5) is 0. The van der Waals surface area contributed by atoms with Gasteiger partial charge in [0.05, 0.1) is 0 Å². The van der Waals surface area contributed by atoms with Crippen LogP contribution in [0, 0.1) is 11.3 Å². The van der Waals surface area contributed by atoms with Gasteiger partial charge in [-0.1, -0.05) is 52.6 Å². The Labute approximate surface area is 81.0 Å². The Morgan fingerprint density at radius 2 is 1.60 bits per heavy atom. The van der Waals surface area contributed by atoms with Crippen LogP contribution in [0.5, 0.6) is 0 Å². The first-order valence-electron chi connectivity index (χ1n) is 3.66. The van der Waals surface area contributed by atoms with Gasteiger partial charge in [0.1, 0.15) is 0 Å². The molecule has 0 N–H and O–H groups in total. The molecule has 0 amide bonds. The Morgan fingerprint density at radius 1 is 1.20 bits per heavy atom. The first kappa shape index (κ1) is 11.0. The molecule has 0 rings (SSSR count). The smallest absolute Gasteiger partial charge is 0.00934 e. The second-order valence-electron chi connectivity index (χ2n) is 3.68. The normalized spacial score (nSPS) is 12.6. The highest BCUT2D eigenvalue weighted by molar-refractivity contribution is 9.09. The molecule has 0 aliphatic heterocycles. The third-order valence-electron chi connectivity index (χ3n) is 1.55. The third-order valence-corrected chi connectivity index (χ3v) is 4.25. The van der Waals surface area contributed by atoms with E-state index in [0.717, 1.165) is 16.6 Å². The maximum atomic E-state index is 3.53. The summed E-state index contributed by atoms with van der Waals surface area (Å²) in [6, 6.07) is 0. The van der Waals surface area contributed by atoms with Gasteiger partial charge in [0.25, 0.3) is 0 Å². The molecular weight excluding hydrogens is 256 g/mol. The second kappa shape index (κ2) is 4.76. The maximum absolute atomic E-state index is 3.53. The predicted molar refractivity (Wildman–Crippen MR) is 55.2 cm³/mol. The van der Waals surface area contributed by atoms with Crippen molar-refractivity contribution < 1.29 is 0 Å². The Morgan fingerprint density at radius 3 is 1.70 bits per heavy atom. The standard InChI is InChI=1S/C8H16Br2/c1-7(2)4-8(3,5-9)6-10/h7H,4-6H2,1-3H3. The Balaban J connectivity index is 3.80. The predicted octanol–water partition coefficient (Wildman–Crippen LogP) is 3.83. The molecule has 0 aliphatic carbocycles. The molecule has 10 heavy (non-hydrogen) atoms. The Kier molecular flexibility index (Phi) is 5.22. The van der Waals surface area contributed by atoms with Gasteiger partial charge in [0.15, 0.2) is 0 Å². The Bertz CT molecular complexity index is 85.3. The SMILES string of the molecule is CC(C)CC(C)(CBr)CBr. The average Bonchev–Trinajstić information content (AvgIpc) is 1.87. The van der Waals surface area contributed by atoms with Crippen molar-refractivity contribution in [2.45, 2.75) is 27.2 Å². The lowest BCUT2D eigenvalue weighted by Crippen LogP contribution is -2.22. The molecule has 0 aromatic rings. The summed E-state index contributed by atoms with van der Waals surface area (Å²) in [5.41, 5.74) is 0.439. The third kappa shape index (κ3) is 3.97. The molecule has 0 atom stereocenters. The van der Waals surface area contributed by atoms with Crippen molar-refractivity contribution in [2.75, 3.05) is 10.7 Å². The molecule has 0 spiro atoms. The largest absolute Gasteiger partial charge is 0.0922 e. The van der Waals surface area contributed by atoms with E-state index in [1.807, 2.05) is 0 Å². The summed E-state index contributed by atoms with van der Waals surface area (Å²) in [5.74, 6) is 0.792. The van der Waals surface area contributed by atoms with Crippen LogP contribution in [-0.4, -0.2) is 10.7 Å². The minimum Gasteiger partial charge on any atom is -0.0922 e. The summed E-state index contributed by atoms with van der Waals surface area (Å²) >= 11 is 7.06. The minimum atomic E-state index is 0.439. The lowest BCUT2D eigenvalue weighted by Gasteiger charge is -2.26. The number of rotatable bonds is 4. The average molecular weight is 272 g/mol. The quantitative estimate of drug-likeness (QED) is 0.682. The molecule has 0 radical (unpaired) electrons. The fourth-order valence-corrected chi connectivity index (χ4v) is 2.52. The highest BCUT2D eigenvalue weighted by Gasteiger charge is 2.22. The Hall–Kier alpha value is 0.960. The van der Waals surface area contributed by atoms with Gasteiger partial charge in [0, 0.05) is 10.7 Å². The van der Waals surface area contributed by atoms with Gasteiger partial charge in [-0.05, 0) is 17.8 Å². The molecule has 0 bridgehead atoms. The second-order valence-corrected chi connectivity index (χ2v) is 4.80. The summed E-state index contributed by atoms with van der Waals surface area (Å²) in [5, 5.41) is 2.17. The van der Waals surface area contributed by atoms with E-state index in [1.165, 1.54) is 6.42 Å². The molecule has 0 heterocycles. The van der Waals surface area contributed by atoms with Gasteiger partial charge in [-0.25, -0.2) is 0 Å². The van der Waals surface area contributed by atoms with Gasteiger partial charge in [-0.3, -0.25) is 0 Å². The van der Waals surface area contributed by atoms with Gasteiger partial charge >= 0.3 is 0 Å². The molecule has 2 heteroatoms. The zero-order valence-electron chi connectivity index (χ0n) is 6.95. The van der Waals surface area contributed by atoms with E-state index in [4.69, 9.17) is 0 Å². The lowest BCUT2D eigenvalue weighted by atomic mass is 9.86. The molecule has 62 valence electrons. The highest BCUT2D eigenvalue weighted by atomic mass is 79.9. The van der Waals surface area contributed by atoms with E-state index >= 15 is 0 Å². The van der Waals surface area contributed by atoms with Crippen molar-refractivity contribution in [2.24, 2.45) is 11.3 Å². The molecule has 0 saturated heterocycles. The molecule has 0 aromatic carbocycles. The molecule has 0 aliphatic rings. The van der Waals surface area contributed by atoms with E-state index in [-0.39, 0.29) is 0 Å². The summed E-state index contributed by atoms with van der Waals surface area (Å²) in [7, 11) is 0. The first-order valence-corrected chi connectivity index (χ1v) is 5.90. The molecule has 0 nitrogen and oxygen atoms in total. The van der Waals surface area contributed by atoms with Gasteiger partial charge in [-0.15, -0.1) is 0 Å². The van der Waals surface area contributed by atoms with Crippen molar-refractivity contribution in [3.05, 3.63) is 0 Å². The van der Waals surface area contributed by atoms with Crippen LogP contribution in [0.1, 0.15) is 27.2 Å². The fraction of sp³-hybridized carbons (Fsp3) is 1.00. The van der Waals surface area contributed by atoms with Crippen molar-refractivity contribution in [1.29, 1.82) is 0 Å². The van der Waals surface area contributed by atoms with Gasteiger partial charge in [0.2, 0.25) is 0 Å². The van der Waals surface area contributed by atoms with E-state index in [9.17, 15) is 0 Å². The van der Waals surface area contributed by atoms with Crippen LogP contribution in [0.4, 0.5) is 0 Å². The van der Waals surface area contributed by atoms with Crippen LogP contribution < -0.4 is 0 Å². The lowest BCUT2D eigenvalue weighted by molar-refractivity contribution is 0.340. The van der Waals surface area contributed by atoms with Crippen LogP contribution >= 0.6 is 31.9 Å². The number of hydrogen-bond acceptors (Lipinski definition) is 0. The summed E-state index contributed by atoms with van der Waals surface area (Å²) < 4.78 is 0.